The van der Waals surface area contributed by atoms with Crippen LogP contribution in [0.1, 0.15) is 26.7 Å². The van der Waals surface area contributed by atoms with E-state index in [0.29, 0.717) is 70.3 Å². The average molecular weight is 418 g/mol. The highest BCUT2D eigenvalue weighted by atomic mass is 16.6. The Morgan fingerprint density at radius 1 is 1.07 bits per heavy atom. The monoisotopic (exact) mass is 418 g/mol. The highest BCUT2D eigenvalue weighted by Gasteiger charge is 2.32. The number of nitro benzene ring substituents is 1. The van der Waals surface area contributed by atoms with Crippen LogP contribution in [0.15, 0.2) is 24.3 Å². The molecule has 9 heteroatoms. The third-order valence-electron chi connectivity index (χ3n) is 5.65. The molecule has 3 rings (SSSR count). The van der Waals surface area contributed by atoms with Gasteiger partial charge in [0.05, 0.1) is 11.5 Å². The number of hydrogen-bond acceptors (Lipinski definition) is 6. The maximum atomic E-state index is 12.9. The van der Waals surface area contributed by atoms with Crippen molar-refractivity contribution in [1.29, 1.82) is 0 Å². The van der Waals surface area contributed by atoms with E-state index in [-0.39, 0.29) is 28.5 Å². The van der Waals surface area contributed by atoms with Crippen LogP contribution in [0.4, 0.5) is 16.2 Å². The molecular formula is C21H30N4O5. The van der Waals surface area contributed by atoms with E-state index in [1.54, 1.807) is 23.1 Å². The van der Waals surface area contributed by atoms with Crippen molar-refractivity contribution in [2.75, 3.05) is 50.8 Å². The molecule has 1 aromatic carbocycles. The Morgan fingerprint density at radius 3 is 2.27 bits per heavy atom. The predicted molar refractivity (Wildman–Crippen MR) is 112 cm³/mol. The highest BCUT2D eigenvalue weighted by molar-refractivity contribution is 5.80. The molecule has 2 saturated heterocycles. The number of nitrogens with zero attached hydrogens (tertiary/aromatic N) is 4. The van der Waals surface area contributed by atoms with Gasteiger partial charge in [-0.15, -0.1) is 0 Å². The van der Waals surface area contributed by atoms with E-state index in [0.717, 1.165) is 0 Å². The third-order valence-corrected chi connectivity index (χ3v) is 5.65. The van der Waals surface area contributed by atoms with Crippen molar-refractivity contribution < 1.29 is 19.2 Å². The second kappa shape index (κ2) is 9.77. The van der Waals surface area contributed by atoms with Crippen molar-refractivity contribution in [2.45, 2.75) is 26.7 Å². The lowest BCUT2D eigenvalue weighted by molar-refractivity contribution is -0.384. The summed E-state index contributed by atoms with van der Waals surface area (Å²) < 4.78 is 5.27. The Labute approximate surface area is 176 Å². The lowest BCUT2D eigenvalue weighted by Gasteiger charge is -2.38. The minimum absolute atomic E-state index is 0.0801. The zero-order valence-electron chi connectivity index (χ0n) is 17.7. The number of hydrogen-bond donors (Lipinski definition) is 0. The molecule has 0 bridgehead atoms. The molecule has 164 valence electrons. The minimum Gasteiger partial charge on any atom is -0.449 e. The predicted octanol–water partition coefficient (Wildman–Crippen LogP) is 2.75. The number of amides is 2. The van der Waals surface area contributed by atoms with Crippen molar-refractivity contribution in [3.8, 4) is 0 Å². The van der Waals surface area contributed by atoms with Crippen LogP contribution in [0.2, 0.25) is 0 Å². The molecule has 0 atom stereocenters. The van der Waals surface area contributed by atoms with Gasteiger partial charge in [0.1, 0.15) is 5.69 Å². The Balaban J connectivity index is 1.48. The van der Waals surface area contributed by atoms with E-state index in [9.17, 15) is 19.7 Å². The molecule has 0 radical (unpaired) electrons. The number of piperazine rings is 1. The summed E-state index contributed by atoms with van der Waals surface area (Å²) in [4.78, 5) is 41.4. The average Bonchev–Trinajstić information content (AvgIpc) is 2.77. The van der Waals surface area contributed by atoms with Crippen LogP contribution in [0.3, 0.4) is 0 Å². The van der Waals surface area contributed by atoms with E-state index in [4.69, 9.17) is 4.74 Å². The summed E-state index contributed by atoms with van der Waals surface area (Å²) >= 11 is 0. The van der Waals surface area contributed by atoms with Gasteiger partial charge in [-0.2, -0.15) is 0 Å². The van der Waals surface area contributed by atoms with Gasteiger partial charge in [0.15, 0.2) is 0 Å². The van der Waals surface area contributed by atoms with Gasteiger partial charge in [-0.05, 0) is 24.8 Å². The molecule has 0 saturated carbocycles. The van der Waals surface area contributed by atoms with Crippen molar-refractivity contribution in [1.82, 2.24) is 9.80 Å². The number of nitro groups is 1. The largest absolute Gasteiger partial charge is 0.449 e. The lowest BCUT2D eigenvalue weighted by atomic mass is 9.94. The van der Waals surface area contributed by atoms with E-state index in [1.807, 2.05) is 23.6 Å². The first-order chi connectivity index (χ1) is 14.4. The number of carbonyl (C=O) groups excluding carboxylic acids is 2. The van der Waals surface area contributed by atoms with Gasteiger partial charge < -0.3 is 19.4 Å². The first-order valence-corrected chi connectivity index (χ1v) is 10.6. The van der Waals surface area contributed by atoms with Crippen molar-refractivity contribution in [3.05, 3.63) is 34.4 Å². The standard InChI is InChI=1S/C21H30N4O5/c1-16(2)15-30-21(27)24-13-11-23(12-14-24)20(26)17-7-9-22(10-8-17)18-5-3-4-6-19(18)25(28)29/h3-6,16-17H,7-15H2,1-2H3. The van der Waals surface area contributed by atoms with Crippen LogP contribution < -0.4 is 4.90 Å². The number of ether oxygens (including phenoxy) is 1. The van der Waals surface area contributed by atoms with Gasteiger partial charge in [-0.3, -0.25) is 14.9 Å². The van der Waals surface area contributed by atoms with Crippen molar-refractivity contribution >= 4 is 23.4 Å². The van der Waals surface area contributed by atoms with Crippen molar-refractivity contribution in [2.24, 2.45) is 11.8 Å². The molecule has 30 heavy (non-hydrogen) atoms. The molecule has 2 amide bonds. The fraction of sp³-hybridized carbons (Fsp3) is 0.619. The number of para-hydroxylation sites is 2. The second-order valence-corrected chi connectivity index (χ2v) is 8.29. The Hall–Kier alpha value is -2.84. The van der Waals surface area contributed by atoms with Crippen molar-refractivity contribution in [3.63, 3.8) is 0 Å². The van der Waals surface area contributed by atoms with Gasteiger partial charge in [0.2, 0.25) is 5.91 Å². The molecule has 0 unspecified atom stereocenters. The maximum Gasteiger partial charge on any atom is 0.409 e. The molecule has 9 nitrogen and oxygen atoms in total. The Kier molecular flexibility index (Phi) is 7.12. The summed E-state index contributed by atoms with van der Waals surface area (Å²) in [5.41, 5.74) is 0.713. The first kappa shape index (κ1) is 21.9. The van der Waals surface area contributed by atoms with Crippen LogP contribution in [0.25, 0.3) is 0 Å². The Bertz CT molecular complexity index is 768. The molecular weight excluding hydrogens is 388 g/mol. The van der Waals surface area contributed by atoms with Crippen LogP contribution in [-0.4, -0.2) is 72.6 Å². The fourth-order valence-corrected chi connectivity index (χ4v) is 3.95. The van der Waals surface area contributed by atoms with E-state index >= 15 is 0 Å². The van der Waals surface area contributed by atoms with Crippen LogP contribution >= 0.6 is 0 Å². The number of piperidine rings is 1. The Morgan fingerprint density at radius 2 is 1.67 bits per heavy atom. The summed E-state index contributed by atoms with van der Waals surface area (Å²) in [6.45, 7) is 7.60. The summed E-state index contributed by atoms with van der Waals surface area (Å²) in [5, 5.41) is 11.3. The first-order valence-electron chi connectivity index (χ1n) is 10.6. The van der Waals surface area contributed by atoms with Crippen LogP contribution in [0, 0.1) is 22.0 Å². The molecule has 2 fully saturated rings. The molecule has 2 heterocycles. The van der Waals surface area contributed by atoms with Gasteiger partial charge in [0.25, 0.3) is 5.69 Å². The third kappa shape index (κ3) is 5.20. The molecule has 0 aromatic heterocycles. The molecule has 2 aliphatic heterocycles. The van der Waals surface area contributed by atoms with E-state index < -0.39 is 0 Å². The molecule has 2 aliphatic rings. The summed E-state index contributed by atoms with van der Waals surface area (Å²) in [6.07, 6.45) is 1.02. The summed E-state index contributed by atoms with van der Waals surface area (Å²) in [7, 11) is 0. The second-order valence-electron chi connectivity index (χ2n) is 8.29. The quantitative estimate of drug-likeness (QED) is 0.539. The van der Waals surface area contributed by atoms with Crippen LogP contribution in [0.5, 0.6) is 0 Å². The summed E-state index contributed by atoms with van der Waals surface area (Å²) in [6, 6.07) is 6.73. The SMILES string of the molecule is CC(C)COC(=O)N1CCN(C(=O)C2CCN(c3ccccc3[N+](=O)[O-])CC2)CC1. The summed E-state index contributed by atoms with van der Waals surface area (Å²) in [5.74, 6) is 0.330. The number of rotatable bonds is 5. The van der Waals surface area contributed by atoms with E-state index in [2.05, 4.69) is 0 Å². The zero-order chi connectivity index (χ0) is 21.7. The normalized spacial score (nSPS) is 17.9. The van der Waals surface area contributed by atoms with E-state index in [1.165, 1.54) is 6.07 Å². The molecule has 0 spiro atoms. The highest BCUT2D eigenvalue weighted by Crippen LogP contribution is 2.31. The van der Waals surface area contributed by atoms with Gasteiger partial charge in [-0.25, -0.2) is 4.79 Å². The molecule has 0 aliphatic carbocycles. The van der Waals surface area contributed by atoms with Gasteiger partial charge in [-0.1, -0.05) is 26.0 Å². The topological polar surface area (TPSA) is 96.2 Å². The molecule has 1 aromatic rings. The maximum absolute atomic E-state index is 12.9. The number of anilines is 1. The van der Waals surface area contributed by atoms with Crippen LogP contribution in [-0.2, 0) is 9.53 Å². The number of carbonyl (C=O) groups is 2. The van der Waals surface area contributed by atoms with Gasteiger partial charge >= 0.3 is 6.09 Å². The minimum atomic E-state index is -0.363. The lowest BCUT2D eigenvalue weighted by Crippen LogP contribution is -2.53. The number of benzene rings is 1. The smallest absolute Gasteiger partial charge is 0.409 e. The zero-order valence-corrected chi connectivity index (χ0v) is 17.7. The van der Waals surface area contributed by atoms with Gasteiger partial charge in [0, 0.05) is 51.3 Å². The fourth-order valence-electron chi connectivity index (χ4n) is 3.95. The molecule has 0 N–H and O–H groups in total.